The Hall–Kier alpha value is -9.60. The molecule has 0 aliphatic heterocycles. The van der Waals surface area contributed by atoms with Crippen LogP contribution in [-0.4, -0.2) is 11.6 Å². The molecule has 2 heteroatoms. The zero-order valence-corrected chi connectivity index (χ0v) is 40.9. The highest BCUT2D eigenvalue weighted by molar-refractivity contribution is 6.33. The van der Waals surface area contributed by atoms with Crippen LogP contribution in [0.25, 0.3) is 22.3 Å². The normalized spacial score (nSPS) is 13.2. The molecule has 0 bridgehead atoms. The average Bonchev–Trinajstić information content (AvgIpc) is 3.88. The number of hydrogen-bond acceptors (Lipinski definition) is 2. The molecule has 9 aromatic carbocycles. The fraction of sp³-hybridized carbons (Fsp3) is 0.0556. The van der Waals surface area contributed by atoms with Gasteiger partial charge in [-0.05, 0) is 115 Å². The number of Topliss-reactive ketones (excluding diaryl/α,β-unsaturated/α-hetero) is 2. The molecule has 350 valence electrons. The molecule has 0 aromatic heterocycles. The van der Waals surface area contributed by atoms with Gasteiger partial charge < -0.3 is 0 Å². The summed E-state index contributed by atoms with van der Waals surface area (Å²) in [6, 6.07) is 86.3. The van der Waals surface area contributed by atoms with E-state index in [1.165, 1.54) is 0 Å². The van der Waals surface area contributed by atoms with Crippen molar-refractivity contribution in [1.82, 2.24) is 0 Å². The number of rotatable bonds is 12. The van der Waals surface area contributed by atoms with E-state index in [2.05, 4.69) is 145 Å². The second kappa shape index (κ2) is 21.8. The van der Waals surface area contributed by atoms with Crippen LogP contribution in [0.2, 0.25) is 0 Å². The molecular weight excluding hydrogens is 897 g/mol. The summed E-state index contributed by atoms with van der Waals surface area (Å²) in [7, 11) is 0. The van der Waals surface area contributed by atoms with Gasteiger partial charge >= 0.3 is 0 Å². The Balaban J connectivity index is 1.06. The van der Waals surface area contributed by atoms with Gasteiger partial charge in [0, 0.05) is 70.2 Å². The third-order valence-electron chi connectivity index (χ3n) is 13.8. The number of carbonyl (C=O) groups excluding carboxylic acids is 2. The van der Waals surface area contributed by atoms with Crippen LogP contribution < -0.4 is 0 Å². The standard InChI is InChI=1S/C72H50O2/c73-71-63(47-55-23-11-3-12-24-55)67(59-39-35-53(36-40-59)33-31-51-19-7-1-8-20-51)69(65(71)49-57-27-15-5-16-28-57)61-43-45-62(46-44-61)70-66(50-58-29-17-6-18-30-58)72(74)64(48-56-25-13-4-14-26-56)68(70)60-41-37-54(38-42-60)34-32-52-21-9-2-10-22-52/h1-30,35-46H,47-50H2. The number of carbonyl (C=O) groups is 2. The third-order valence-corrected chi connectivity index (χ3v) is 13.8. The smallest absolute Gasteiger partial charge is 0.186 e. The summed E-state index contributed by atoms with van der Waals surface area (Å²) in [6.45, 7) is 0. The Kier molecular flexibility index (Phi) is 13.8. The van der Waals surface area contributed by atoms with Crippen LogP contribution in [0.15, 0.2) is 277 Å². The molecule has 0 atom stereocenters. The van der Waals surface area contributed by atoms with E-state index in [0.29, 0.717) is 25.7 Å². The Labute approximate surface area is 434 Å². The van der Waals surface area contributed by atoms with Crippen molar-refractivity contribution >= 4 is 33.9 Å². The van der Waals surface area contributed by atoms with E-state index >= 15 is 9.59 Å². The van der Waals surface area contributed by atoms with Gasteiger partial charge in [-0.25, -0.2) is 0 Å². The SMILES string of the molecule is O=C1C(Cc2ccccc2)=C(c2ccc(C#Cc3ccccc3)cc2)C(c2ccc(C3=C(Cc4ccccc4)C(=O)C(Cc4ccccc4)=C3c3ccc(C#Cc4ccccc4)cc3)cc2)=C1Cc1ccccc1. The zero-order chi connectivity index (χ0) is 50.1. The largest absolute Gasteiger partial charge is 0.289 e. The van der Waals surface area contributed by atoms with Crippen molar-refractivity contribution in [2.24, 2.45) is 0 Å². The highest BCUT2D eigenvalue weighted by Gasteiger charge is 2.36. The van der Waals surface area contributed by atoms with E-state index in [1.807, 2.05) is 133 Å². The van der Waals surface area contributed by atoms with E-state index < -0.39 is 0 Å². The van der Waals surface area contributed by atoms with Crippen molar-refractivity contribution in [3.8, 4) is 23.7 Å². The first-order valence-electron chi connectivity index (χ1n) is 25.2. The summed E-state index contributed by atoms with van der Waals surface area (Å²) < 4.78 is 0. The Morgan fingerprint density at radius 1 is 0.216 bits per heavy atom. The van der Waals surface area contributed by atoms with Crippen LogP contribution in [0, 0.1) is 23.7 Å². The average molecular weight is 947 g/mol. The van der Waals surface area contributed by atoms with Crippen LogP contribution in [0.1, 0.15) is 66.8 Å². The quantitative estimate of drug-likeness (QED) is 0.114. The van der Waals surface area contributed by atoms with E-state index in [0.717, 1.165) is 111 Å². The Bertz CT molecular complexity index is 3510. The third kappa shape index (κ3) is 10.4. The minimum atomic E-state index is 0.0571. The van der Waals surface area contributed by atoms with Crippen LogP contribution in [0.3, 0.4) is 0 Å². The second-order valence-electron chi connectivity index (χ2n) is 18.7. The first kappa shape index (κ1) is 46.8. The van der Waals surface area contributed by atoms with Gasteiger partial charge in [0.1, 0.15) is 0 Å². The van der Waals surface area contributed by atoms with Gasteiger partial charge in [0.15, 0.2) is 11.6 Å². The van der Waals surface area contributed by atoms with Gasteiger partial charge in [-0.2, -0.15) is 0 Å². The number of allylic oxidation sites excluding steroid dienone is 8. The zero-order valence-electron chi connectivity index (χ0n) is 40.9. The number of benzene rings is 9. The first-order chi connectivity index (χ1) is 36.5. The van der Waals surface area contributed by atoms with Gasteiger partial charge in [0.05, 0.1) is 0 Å². The van der Waals surface area contributed by atoms with E-state index in [9.17, 15) is 0 Å². The monoisotopic (exact) mass is 946 g/mol. The lowest BCUT2D eigenvalue weighted by molar-refractivity contribution is -0.112. The first-order valence-corrected chi connectivity index (χ1v) is 25.2. The van der Waals surface area contributed by atoms with Crippen molar-refractivity contribution in [2.45, 2.75) is 25.7 Å². The topological polar surface area (TPSA) is 34.1 Å². The van der Waals surface area contributed by atoms with E-state index in [-0.39, 0.29) is 11.6 Å². The lowest BCUT2D eigenvalue weighted by Crippen LogP contribution is -2.08. The van der Waals surface area contributed by atoms with E-state index in [1.54, 1.807) is 0 Å². The van der Waals surface area contributed by atoms with Gasteiger partial charge in [-0.1, -0.05) is 230 Å². The molecule has 11 rings (SSSR count). The maximum Gasteiger partial charge on any atom is 0.186 e. The molecule has 0 heterocycles. The van der Waals surface area contributed by atoms with Crippen molar-refractivity contribution in [3.63, 3.8) is 0 Å². The lowest BCUT2D eigenvalue weighted by atomic mass is 9.86. The molecule has 0 radical (unpaired) electrons. The van der Waals surface area contributed by atoms with Gasteiger partial charge in [0.2, 0.25) is 0 Å². The molecule has 0 amide bonds. The summed E-state index contributed by atoms with van der Waals surface area (Å²) in [5.74, 6) is 13.4. The summed E-state index contributed by atoms with van der Waals surface area (Å²) in [5.41, 5.74) is 18.5. The fourth-order valence-electron chi connectivity index (χ4n) is 10.1. The minimum Gasteiger partial charge on any atom is -0.289 e. The van der Waals surface area contributed by atoms with Crippen molar-refractivity contribution in [2.75, 3.05) is 0 Å². The molecule has 0 saturated carbocycles. The molecule has 2 nitrogen and oxygen atoms in total. The number of ketones is 2. The van der Waals surface area contributed by atoms with Gasteiger partial charge in [0.25, 0.3) is 0 Å². The molecular formula is C72H50O2. The highest BCUT2D eigenvalue weighted by Crippen LogP contribution is 2.48. The Morgan fingerprint density at radius 3 is 0.635 bits per heavy atom. The highest BCUT2D eigenvalue weighted by atomic mass is 16.1. The summed E-state index contributed by atoms with van der Waals surface area (Å²) >= 11 is 0. The molecule has 2 aliphatic carbocycles. The van der Waals surface area contributed by atoms with Crippen LogP contribution >= 0.6 is 0 Å². The van der Waals surface area contributed by atoms with Crippen molar-refractivity contribution in [1.29, 1.82) is 0 Å². The van der Waals surface area contributed by atoms with Crippen LogP contribution in [0.5, 0.6) is 0 Å². The molecule has 0 N–H and O–H groups in total. The van der Waals surface area contributed by atoms with Crippen LogP contribution in [0.4, 0.5) is 0 Å². The summed E-state index contributed by atoms with van der Waals surface area (Å²) in [5, 5.41) is 0. The lowest BCUT2D eigenvalue weighted by Gasteiger charge is -2.17. The summed E-state index contributed by atoms with van der Waals surface area (Å²) in [6.07, 6.45) is 1.91. The molecule has 0 saturated heterocycles. The summed E-state index contributed by atoms with van der Waals surface area (Å²) in [4.78, 5) is 30.5. The van der Waals surface area contributed by atoms with E-state index in [4.69, 9.17) is 0 Å². The van der Waals surface area contributed by atoms with Gasteiger partial charge in [-0.15, -0.1) is 0 Å². The minimum absolute atomic E-state index is 0.0571. The maximum atomic E-state index is 15.3. The van der Waals surface area contributed by atoms with Gasteiger partial charge in [-0.3, -0.25) is 9.59 Å². The Morgan fingerprint density at radius 2 is 0.405 bits per heavy atom. The second-order valence-corrected chi connectivity index (χ2v) is 18.7. The molecule has 2 aliphatic rings. The van der Waals surface area contributed by atoms with Crippen molar-refractivity contribution in [3.05, 3.63) is 344 Å². The molecule has 0 fully saturated rings. The number of hydrogen-bond donors (Lipinski definition) is 0. The maximum absolute atomic E-state index is 15.3. The predicted molar refractivity (Wildman–Crippen MR) is 302 cm³/mol. The molecule has 0 unspecified atom stereocenters. The molecule has 74 heavy (non-hydrogen) atoms. The molecule has 9 aromatic rings. The van der Waals surface area contributed by atoms with Crippen LogP contribution in [-0.2, 0) is 35.3 Å². The molecule has 0 spiro atoms. The van der Waals surface area contributed by atoms with Crippen molar-refractivity contribution < 1.29 is 9.59 Å². The predicted octanol–water partition coefficient (Wildman–Crippen LogP) is 15.0. The fourth-order valence-corrected chi connectivity index (χ4v) is 10.1.